The van der Waals surface area contributed by atoms with Crippen LogP contribution in [0, 0.1) is 0 Å². The molecule has 1 aliphatic heterocycles. The number of nitrogens with zero attached hydrogens (tertiary/aromatic N) is 1. The topological polar surface area (TPSA) is 32.7 Å². The first kappa shape index (κ1) is 12.9. The molecule has 1 N–H and O–H groups in total. The minimum Gasteiger partial charge on any atom is -0.392 e. The summed E-state index contributed by atoms with van der Waals surface area (Å²) >= 11 is 0. The molecule has 0 aromatic carbocycles. The third kappa shape index (κ3) is 4.96. The number of piperidine rings is 1. The number of ether oxygens (including phenoxy) is 1. The molecule has 0 radical (unpaired) electrons. The Morgan fingerprint density at radius 2 is 2.27 bits per heavy atom. The fraction of sp³-hybridized carbons (Fsp3) is 1.00. The van der Waals surface area contributed by atoms with Gasteiger partial charge in [0.15, 0.2) is 0 Å². The Labute approximate surface area is 93.4 Å². The van der Waals surface area contributed by atoms with E-state index in [4.69, 9.17) is 4.74 Å². The Kier molecular flexibility index (Phi) is 6.22. The van der Waals surface area contributed by atoms with E-state index in [1.807, 2.05) is 6.92 Å². The summed E-state index contributed by atoms with van der Waals surface area (Å²) in [5.74, 6) is 0. The summed E-state index contributed by atoms with van der Waals surface area (Å²) < 4.78 is 5.75. The van der Waals surface area contributed by atoms with Gasteiger partial charge in [-0.2, -0.15) is 0 Å². The van der Waals surface area contributed by atoms with Crippen molar-refractivity contribution in [3.63, 3.8) is 0 Å². The predicted molar refractivity (Wildman–Crippen MR) is 62.0 cm³/mol. The van der Waals surface area contributed by atoms with Crippen LogP contribution in [0.4, 0.5) is 0 Å². The van der Waals surface area contributed by atoms with Gasteiger partial charge in [0.25, 0.3) is 0 Å². The van der Waals surface area contributed by atoms with Gasteiger partial charge in [0.2, 0.25) is 0 Å². The van der Waals surface area contributed by atoms with E-state index in [0.29, 0.717) is 6.10 Å². The largest absolute Gasteiger partial charge is 0.392 e. The van der Waals surface area contributed by atoms with Crippen molar-refractivity contribution in [2.45, 2.75) is 51.7 Å². The van der Waals surface area contributed by atoms with Gasteiger partial charge in [0.1, 0.15) is 0 Å². The van der Waals surface area contributed by atoms with Gasteiger partial charge < -0.3 is 9.84 Å². The lowest BCUT2D eigenvalue weighted by Crippen LogP contribution is -2.43. The van der Waals surface area contributed by atoms with Gasteiger partial charge in [-0.25, -0.2) is 0 Å². The molecule has 1 aliphatic rings. The number of hydrogen-bond acceptors (Lipinski definition) is 3. The number of rotatable bonds is 6. The molecule has 90 valence electrons. The van der Waals surface area contributed by atoms with Crippen molar-refractivity contribution in [3.8, 4) is 0 Å². The van der Waals surface area contributed by atoms with Gasteiger partial charge in [-0.3, -0.25) is 4.90 Å². The normalized spacial score (nSPS) is 25.4. The van der Waals surface area contributed by atoms with Crippen LogP contribution in [0.1, 0.15) is 39.5 Å². The zero-order valence-corrected chi connectivity index (χ0v) is 10.1. The minimum absolute atomic E-state index is 0.171. The molecule has 0 unspecified atom stereocenters. The van der Waals surface area contributed by atoms with Gasteiger partial charge in [-0.05, 0) is 32.2 Å². The Balaban J connectivity index is 2.22. The Morgan fingerprint density at radius 1 is 1.47 bits per heavy atom. The molecule has 1 fully saturated rings. The first-order valence-electron chi connectivity index (χ1n) is 6.28. The van der Waals surface area contributed by atoms with Gasteiger partial charge in [0.05, 0.1) is 12.2 Å². The van der Waals surface area contributed by atoms with Gasteiger partial charge >= 0.3 is 0 Å². The van der Waals surface area contributed by atoms with Crippen molar-refractivity contribution >= 4 is 0 Å². The van der Waals surface area contributed by atoms with E-state index in [0.717, 1.165) is 39.1 Å². The highest BCUT2D eigenvalue weighted by molar-refractivity contribution is 4.75. The van der Waals surface area contributed by atoms with Crippen LogP contribution < -0.4 is 0 Å². The zero-order chi connectivity index (χ0) is 11.1. The monoisotopic (exact) mass is 215 g/mol. The first-order valence-corrected chi connectivity index (χ1v) is 6.28. The molecule has 1 rings (SSSR count). The molecule has 0 aliphatic carbocycles. The van der Waals surface area contributed by atoms with Crippen LogP contribution in [0.2, 0.25) is 0 Å². The van der Waals surface area contributed by atoms with Crippen molar-refractivity contribution in [2.75, 3.05) is 26.2 Å². The third-order valence-corrected chi connectivity index (χ3v) is 2.96. The van der Waals surface area contributed by atoms with Gasteiger partial charge in [-0.15, -0.1) is 0 Å². The van der Waals surface area contributed by atoms with E-state index in [-0.39, 0.29) is 6.10 Å². The summed E-state index contributed by atoms with van der Waals surface area (Å²) in [4.78, 5) is 2.33. The van der Waals surface area contributed by atoms with Crippen LogP contribution in [0.25, 0.3) is 0 Å². The molecule has 0 saturated carbocycles. The quantitative estimate of drug-likeness (QED) is 0.731. The maximum absolute atomic E-state index is 9.59. The van der Waals surface area contributed by atoms with Crippen molar-refractivity contribution in [3.05, 3.63) is 0 Å². The summed E-state index contributed by atoms with van der Waals surface area (Å²) in [7, 11) is 0. The number of aliphatic hydroxyl groups excluding tert-OH is 1. The fourth-order valence-corrected chi connectivity index (χ4v) is 2.03. The summed E-state index contributed by atoms with van der Waals surface area (Å²) in [6.45, 7) is 7.96. The standard InChI is InChI=1S/C12H25NO2/c1-3-8-15-12-6-5-7-13(10-12)9-11(14)4-2/h11-12,14H,3-10H2,1-2H3/t11-,12-/m1/s1. The van der Waals surface area contributed by atoms with Crippen molar-refractivity contribution < 1.29 is 9.84 Å². The van der Waals surface area contributed by atoms with E-state index in [2.05, 4.69) is 11.8 Å². The molecule has 3 heteroatoms. The SMILES string of the molecule is CCCO[C@@H]1CCCN(C[C@H](O)CC)C1. The van der Waals surface area contributed by atoms with Crippen molar-refractivity contribution in [1.29, 1.82) is 0 Å². The molecule has 0 aromatic rings. The first-order chi connectivity index (χ1) is 7.26. The van der Waals surface area contributed by atoms with Crippen LogP contribution in [0.15, 0.2) is 0 Å². The minimum atomic E-state index is -0.171. The lowest BCUT2D eigenvalue weighted by Gasteiger charge is -2.33. The second-order valence-corrected chi connectivity index (χ2v) is 4.46. The van der Waals surface area contributed by atoms with Crippen LogP contribution in [-0.2, 0) is 4.74 Å². The van der Waals surface area contributed by atoms with E-state index in [1.54, 1.807) is 0 Å². The number of hydrogen-bond donors (Lipinski definition) is 1. The van der Waals surface area contributed by atoms with Gasteiger partial charge in [-0.1, -0.05) is 13.8 Å². The lowest BCUT2D eigenvalue weighted by atomic mass is 10.1. The molecule has 0 aromatic heterocycles. The maximum atomic E-state index is 9.59. The molecule has 1 heterocycles. The average Bonchev–Trinajstić information content (AvgIpc) is 2.26. The molecule has 15 heavy (non-hydrogen) atoms. The molecule has 2 atom stereocenters. The highest BCUT2D eigenvalue weighted by Crippen LogP contribution is 2.14. The fourth-order valence-electron chi connectivity index (χ4n) is 2.03. The zero-order valence-electron chi connectivity index (χ0n) is 10.1. The summed E-state index contributed by atoms with van der Waals surface area (Å²) in [6, 6.07) is 0. The molecule has 1 saturated heterocycles. The van der Waals surface area contributed by atoms with Crippen molar-refractivity contribution in [1.82, 2.24) is 4.90 Å². The Hall–Kier alpha value is -0.120. The second kappa shape index (κ2) is 7.20. The summed E-state index contributed by atoms with van der Waals surface area (Å²) in [5, 5.41) is 9.59. The Morgan fingerprint density at radius 3 is 2.93 bits per heavy atom. The average molecular weight is 215 g/mol. The Bertz CT molecular complexity index is 164. The third-order valence-electron chi connectivity index (χ3n) is 2.96. The molecule has 0 bridgehead atoms. The van der Waals surface area contributed by atoms with E-state index < -0.39 is 0 Å². The smallest absolute Gasteiger partial charge is 0.0702 e. The molecule has 3 nitrogen and oxygen atoms in total. The van der Waals surface area contributed by atoms with E-state index in [9.17, 15) is 5.11 Å². The summed E-state index contributed by atoms with van der Waals surface area (Å²) in [5.41, 5.74) is 0. The maximum Gasteiger partial charge on any atom is 0.0702 e. The molecular weight excluding hydrogens is 190 g/mol. The van der Waals surface area contributed by atoms with Gasteiger partial charge in [0, 0.05) is 19.7 Å². The van der Waals surface area contributed by atoms with Crippen molar-refractivity contribution in [2.24, 2.45) is 0 Å². The predicted octanol–water partition coefficient (Wildman–Crippen LogP) is 1.65. The lowest BCUT2D eigenvalue weighted by molar-refractivity contribution is -0.0119. The van der Waals surface area contributed by atoms with Crippen LogP contribution >= 0.6 is 0 Å². The molecule has 0 amide bonds. The second-order valence-electron chi connectivity index (χ2n) is 4.46. The molecule has 0 spiro atoms. The van der Waals surface area contributed by atoms with Crippen LogP contribution in [-0.4, -0.2) is 48.5 Å². The van der Waals surface area contributed by atoms with Crippen LogP contribution in [0.5, 0.6) is 0 Å². The number of aliphatic hydroxyl groups is 1. The van der Waals surface area contributed by atoms with E-state index >= 15 is 0 Å². The van der Waals surface area contributed by atoms with E-state index in [1.165, 1.54) is 12.8 Å². The summed E-state index contributed by atoms with van der Waals surface area (Å²) in [6.07, 6.45) is 4.53. The number of β-amino-alcohol motifs (C(OH)–C–C–N with tert-alkyl or cyclic N) is 1. The highest BCUT2D eigenvalue weighted by Gasteiger charge is 2.21. The molecular formula is C12H25NO2. The number of likely N-dealkylation sites (tertiary alicyclic amines) is 1. The van der Waals surface area contributed by atoms with Crippen LogP contribution in [0.3, 0.4) is 0 Å². The highest BCUT2D eigenvalue weighted by atomic mass is 16.5.